The molecule has 0 radical (unpaired) electrons. The van der Waals surface area contributed by atoms with Gasteiger partial charge in [0.2, 0.25) is 0 Å². The van der Waals surface area contributed by atoms with E-state index < -0.39 is 0 Å². The van der Waals surface area contributed by atoms with Crippen molar-refractivity contribution in [3.05, 3.63) is 0 Å². The molecule has 0 aromatic carbocycles. The number of ether oxygens (including phenoxy) is 1. The lowest BCUT2D eigenvalue weighted by atomic mass is 10.1. The third-order valence-electron chi connectivity index (χ3n) is 4.76. The summed E-state index contributed by atoms with van der Waals surface area (Å²) in [5.74, 6) is 0. The van der Waals surface area contributed by atoms with E-state index in [-0.39, 0.29) is 0 Å². The number of nitrogens with two attached hydrogens (primary N) is 1. The molecule has 0 spiro atoms. The van der Waals surface area contributed by atoms with Gasteiger partial charge >= 0.3 is 0 Å². The molecule has 4 nitrogen and oxygen atoms in total. The Balaban J connectivity index is 1.54. The van der Waals surface area contributed by atoms with Crippen LogP contribution in [0.1, 0.15) is 25.7 Å². The Kier molecular flexibility index (Phi) is 3.66. The molecule has 0 aromatic rings. The van der Waals surface area contributed by atoms with Gasteiger partial charge in [0.25, 0.3) is 0 Å². The molecule has 1 aliphatic carbocycles. The van der Waals surface area contributed by atoms with E-state index in [0.717, 1.165) is 32.3 Å². The number of likely N-dealkylation sites (tertiary alicyclic amines) is 1. The molecule has 17 heavy (non-hydrogen) atoms. The Morgan fingerprint density at radius 3 is 2.47 bits per heavy atom. The molecular formula is C13H25N3O. The molecular weight excluding hydrogens is 214 g/mol. The van der Waals surface area contributed by atoms with Crippen LogP contribution in [0.5, 0.6) is 0 Å². The SMILES string of the molecule is NC1CCCC1N1CCC(N2CCOCC2)C1. The van der Waals surface area contributed by atoms with Crippen LogP contribution in [-0.4, -0.2) is 67.3 Å². The summed E-state index contributed by atoms with van der Waals surface area (Å²) in [7, 11) is 0. The Morgan fingerprint density at radius 2 is 1.76 bits per heavy atom. The van der Waals surface area contributed by atoms with Crippen LogP contribution in [0.15, 0.2) is 0 Å². The van der Waals surface area contributed by atoms with Gasteiger partial charge in [0.1, 0.15) is 0 Å². The Morgan fingerprint density at radius 1 is 0.941 bits per heavy atom. The van der Waals surface area contributed by atoms with Crippen molar-refractivity contribution in [2.45, 2.75) is 43.8 Å². The molecule has 3 aliphatic rings. The maximum atomic E-state index is 6.21. The standard InChI is InChI=1S/C13H25N3O/c14-12-2-1-3-13(12)16-5-4-11(10-16)15-6-8-17-9-7-15/h11-13H,1-10,14H2. The molecule has 0 aromatic heterocycles. The summed E-state index contributed by atoms with van der Waals surface area (Å²) in [5, 5.41) is 0. The van der Waals surface area contributed by atoms with E-state index in [4.69, 9.17) is 10.5 Å². The minimum absolute atomic E-state index is 0.429. The predicted molar refractivity (Wildman–Crippen MR) is 68.0 cm³/mol. The fourth-order valence-electron chi connectivity index (χ4n) is 3.73. The van der Waals surface area contributed by atoms with Crippen molar-refractivity contribution in [3.63, 3.8) is 0 Å². The third kappa shape index (κ3) is 2.50. The summed E-state index contributed by atoms with van der Waals surface area (Å²) < 4.78 is 5.43. The summed E-state index contributed by atoms with van der Waals surface area (Å²) >= 11 is 0. The molecule has 2 saturated heterocycles. The normalized spacial score (nSPS) is 41.1. The van der Waals surface area contributed by atoms with Crippen LogP contribution in [0.4, 0.5) is 0 Å². The molecule has 1 saturated carbocycles. The van der Waals surface area contributed by atoms with E-state index in [2.05, 4.69) is 9.80 Å². The molecule has 2 aliphatic heterocycles. The van der Waals surface area contributed by atoms with Crippen LogP contribution in [-0.2, 0) is 4.74 Å². The van der Waals surface area contributed by atoms with Crippen molar-refractivity contribution >= 4 is 0 Å². The minimum atomic E-state index is 0.429. The highest BCUT2D eigenvalue weighted by Crippen LogP contribution is 2.27. The van der Waals surface area contributed by atoms with E-state index in [1.807, 2.05) is 0 Å². The van der Waals surface area contributed by atoms with E-state index in [0.29, 0.717) is 12.1 Å². The highest BCUT2D eigenvalue weighted by molar-refractivity contribution is 4.94. The Labute approximate surface area is 104 Å². The zero-order chi connectivity index (χ0) is 11.7. The van der Waals surface area contributed by atoms with E-state index in [9.17, 15) is 0 Å². The van der Waals surface area contributed by atoms with Gasteiger partial charge in [-0.05, 0) is 19.3 Å². The summed E-state index contributed by atoms with van der Waals surface area (Å²) in [5.41, 5.74) is 6.21. The lowest BCUT2D eigenvalue weighted by molar-refractivity contribution is 0.0175. The first kappa shape index (κ1) is 11.9. The van der Waals surface area contributed by atoms with Crippen LogP contribution in [0.3, 0.4) is 0 Å². The number of hydrogen-bond donors (Lipinski definition) is 1. The molecule has 2 heterocycles. The number of rotatable bonds is 2. The smallest absolute Gasteiger partial charge is 0.0594 e. The maximum absolute atomic E-state index is 6.21. The van der Waals surface area contributed by atoms with Crippen molar-refractivity contribution in [3.8, 4) is 0 Å². The highest BCUT2D eigenvalue weighted by Gasteiger charge is 2.36. The van der Waals surface area contributed by atoms with Crippen LogP contribution < -0.4 is 5.73 Å². The van der Waals surface area contributed by atoms with Gasteiger partial charge in [0, 0.05) is 44.3 Å². The summed E-state index contributed by atoms with van der Waals surface area (Å²) in [6, 6.07) is 1.85. The van der Waals surface area contributed by atoms with Crippen molar-refractivity contribution in [2.24, 2.45) is 5.73 Å². The van der Waals surface area contributed by atoms with Crippen LogP contribution in [0.25, 0.3) is 0 Å². The van der Waals surface area contributed by atoms with Crippen LogP contribution in [0, 0.1) is 0 Å². The molecule has 0 bridgehead atoms. The van der Waals surface area contributed by atoms with Crippen LogP contribution in [0.2, 0.25) is 0 Å². The van der Waals surface area contributed by atoms with E-state index in [1.165, 1.54) is 38.8 Å². The average molecular weight is 239 g/mol. The van der Waals surface area contributed by atoms with Gasteiger partial charge < -0.3 is 10.5 Å². The molecule has 3 rings (SSSR count). The van der Waals surface area contributed by atoms with Crippen molar-refractivity contribution in [1.29, 1.82) is 0 Å². The average Bonchev–Trinajstić information content (AvgIpc) is 2.98. The van der Waals surface area contributed by atoms with Crippen LogP contribution >= 0.6 is 0 Å². The van der Waals surface area contributed by atoms with Gasteiger partial charge in [-0.1, -0.05) is 6.42 Å². The Bertz CT molecular complexity index is 255. The molecule has 3 fully saturated rings. The van der Waals surface area contributed by atoms with E-state index >= 15 is 0 Å². The predicted octanol–water partition coefficient (Wildman–Crippen LogP) is 0.273. The van der Waals surface area contributed by atoms with Crippen molar-refractivity contribution < 1.29 is 4.74 Å². The van der Waals surface area contributed by atoms with Gasteiger partial charge in [-0.15, -0.1) is 0 Å². The van der Waals surface area contributed by atoms with Gasteiger partial charge in [0.15, 0.2) is 0 Å². The molecule has 98 valence electrons. The second-order valence-electron chi connectivity index (χ2n) is 5.75. The maximum Gasteiger partial charge on any atom is 0.0594 e. The highest BCUT2D eigenvalue weighted by atomic mass is 16.5. The first-order valence-electron chi connectivity index (χ1n) is 7.16. The zero-order valence-electron chi connectivity index (χ0n) is 10.7. The zero-order valence-corrected chi connectivity index (χ0v) is 10.7. The molecule has 3 unspecified atom stereocenters. The Hall–Kier alpha value is -0.160. The number of hydrogen-bond acceptors (Lipinski definition) is 4. The molecule has 3 atom stereocenters. The minimum Gasteiger partial charge on any atom is -0.379 e. The quantitative estimate of drug-likeness (QED) is 0.751. The van der Waals surface area contributed by atoms with Gasteiger partial charge in [0.05, 0.1) is 13.2 Å². The summed E-state index contributed by atoms with van der Waals surface area (Å²) in [6.07, 6.45) is 5.19. The second-order valence-corrected chi connectivity index (χ2v) is 5.75. The van der Waals surface area contributed by atoms with Gasteiger partial charge in [-0.3, -0.25) is 9.80 Å². The van der Waals surface area contributed by atoms with Gasteiger partial charge in [-0.25, -0.2) is 0 Å². The number of nitrogens with zero attached hydrogens (tertiary/aromatic N) is 2. The molecule has 0 amide bonds. The van der Waals surface area contributed by atoms with E-state index in [1.54, 1.807) is 0 Å². The lowest BCUT2D eigenvalue weighted by Gasteiger charge is -2.33. The largest absolute Gasteiger partial charge is 0.379 e. The third-order valence-corrected chi connectivity index (χ3v) is 4.76. The first-order valence-corrected chi connectivity index (χ1v) is 7.16. The molecule has 2 N–H and O–H groups in total. The fourth-order valence-corrected chi connectivity index (χ4v) is 3.73. The summed E-state index contributed by atoms with van der Waals surface area (Å²) in [6.45, 7) is 6.56. The topological polar surface area (TPSA) is 41.7 Å². The monoisotopic (exact) mass is 239 g/mol. The van der Waals surface area contributed by atoms with Crippen molar-refractivity contribution in [1.82, 2.24) is 9.80 Å². The van der Waals surface area contributed by atoms with Crippen molar-refractivity contribution in [2.75, 3.05) is 39.4 Å². The lowest BCUT2D eigenvalue weighted by Crippen LogP contribution is -2.47. The van der Waals surface area contributed by atoms with Gasteiger partial charge in [-0.2, -0.15) is 0 Å². The number of morpholine rings is 1. The fraction of sp³-hybridized carbons (Fsp3) is 1.00. The molecule has 4 heteroatoms. The first-order chi connectivity index (χ1) is 8.34. The summed E-state index contributed by atoms with van der Waals surface area (Å²) in [4.78, 5) is 5.27. The second kappa shape index (κ2) is 5.22.